The standard InChI is InChI=1S/C19H19N5O/c1-15(13-16-7-3-2-4-8-16)14-20-22-19(25)11-12-24-18-10-6-5-9-17(18)21-23-24/h2-10,13-14H,11-12H2,1H3,(H,22,25)/b15-13+,20-14-. The number of allylic oxidation sites excluding steroid dienone is 1. The molecule has 6 heteroatoms. The van der Waals surface area contributed by atoms with Gasteiger partial charge in [-0.2, -0.15) is 5.10 Å². The molecule has 0 aliphatic rings. The van der Waals surface area contributed by atoms with Crippen LogP contribution in [0.1, 0.15) is 18.9 Å². The minimum atomic E-state index is -0.164. The first-order chi connectivity index (χ1) is 12.2. The molecule has 0 fully saturated rings. The molecule has 0 aliphatic carbocycles. The molecule has 0 saturated heterocycles. The molecule has 3 aromatic rings. The number of aryl methyl sites for hydroxylation is 1. The van der Waals surface area contributed by atoms with Crippen molar-refractivity contribution in [3.05, 3.63) is 65.7 Å². The smallest absolute Gasteiger partial charge is 0.241 e. The largest absolute Gasteiger partial charge is 0.273 e. The van der Waals surface area contributed by atoms with Gasteiger partial charge in [-0.3, -0.25) is 4.79 Å². The van der Waals surface area contributed by atoms with Crippen molar-refractivity contribution in [2.24, 2.45) is 5.10 Å². The average Bonchev–Trinajstić information content (AvgIpc) is 3.04. The third-order valence-corrected chi connectivity index (χ3v) is 3.62. The fourth-order valence-corrected chi connectivity index (χ4v) is 2.40. The lowest BCUT2D eigenvalue weighted by atomic mass is 10.1. The highest BCUT2D eigenvalue weighted by atomic mass is 16.2. The summed E-state index contributed by atoms with van der Waals surface area (Å²) in [5.74, 6) is -0.164. The summed E-state index contributed by atoms with van der Waals surface area (Å²) >= 11 is 0. The lowest BCUT2D eigenvalue weighted by Gasteiger charge is -2.01. The van der Waals surface area contributed by atoms with E-state index in [0.717, 1.165) is 22.2 Å². The molecule has 6 nitrogen and oxygen atoms in total. The zero-order valence-corrected chi connectivity index (χ0v) is 14.0. The second kappa shape index (κ2) is 8.01. The monoisotopic (exact) mass is 333 g/mol. The quantitative estimate of drug-likeness (QED) is 0.557. The summed E-state index contributed by atoms with van der Waals surface area (Å²) in [5, 5.41) is 12.1. The summed E-state index contributed by atoms with van der Waals surface area (Å²) in [6.07, 6.45) is 3.92. The van der Waals surface area contributed by atoms with E-state index in [1.807, 2.05) is 67.6 Å². The molecule has 0 aliphatic heterocycles. The molecule has 0 atom stereocenters. The van der Waals surface area contributed by atoms with Crippen LogP contribution in [0.3, 0.4) is 0 Å². The molecule has 0 saturated carbocycles. The topological polar surface area (TPSA) is 72.2 Å². The van der Waals surface area contributed by atoms with E-state index < -0.39 is 0 Å². The number of para-hydroxylation sites is 1. The van der Waals surface area contributed by atoms with Crippen LogP contribution in [0.5, 0.6) is 0 Å². The molecule has 0 bridgehead atoms. The summed E-state index contributed by atoms with van der Waals surface area (Å²) in [6, 6.07) is 17.6. The zero-order valence-electron chi connectivity index (χ0n) is 14.0. The highest BCUT2D eigenvalue weighted by molar-refractivity contribution is 5.86. The SMILES string of the molecule is CC(/C=N\NC(=O)CCn1nnc2ccccc21)=C\c1ccccc1. The van der Waals surface area contributed by atoms with Gasteiger partial charge in [0, 0.05) is 6.42 Å². The molecule has 1 heterocycles. The van der Waals surface area contributed by atoms with Crippen LogP contribution in [0, 0.1) is 0 Å². The van der Waals surface area contributed by atoms with Crippen molar-refractivity contribution in [1.82, 2.24) is 20.4 Å². The Kier molecular flexibility index (Phi) is 5.31. The lowest BCUT2D eigenvalue weighted by molar-refractivity contribution is -0.121. The molecule has 25 heavy (non-hydrogen) atoms. The van der Waals surface area contributed by atoms with E-state index in [-0.39, 0.29) is 12.3 Å². The Morgan fingerprint density at radius 2 is 1.92 bits per heavy atom. The van der Waals surface area contributed by atoms with Crippen LogP contribution in [0.4, 0.5) is 0 Å². The van der Waals surface area contributed by atoms with Crippen molar-refractivity contribution in [2.75, 3.05) is 0 Å². The van der Waals surface area contributed by atoms with Crippen LogP contribution in [0.2, 0.25) is 0 Å². The van der Waals surface area contributed by atoms with E-state index in [1.54, 1.807) is 10.9 Å². The number of hydrogen-bond acceptors (Lipinski definition) is 4. The van der Waals surface area contributed by atoms with Crippen LogP contribution >= 0.6 is 0 Å². The first kappa shape index (κ1) is 16.6. The number of carbonyl (C=O) groups is 1. The molecule has 1 amide bonds. The summed E-state index contributed by atoms with van der Waals surface area (Å²) in [4.78, 5) is 11.9. The van der Waals surface area contributed by atoms with Crippen molar-refractivity contribution in [1.29, 1.82) is 0 Å². The van der Waals surface area contributed by atoms with Crippen molar-refractivity contribution in [2.45, 2.75) is 19.9 Å². The fraction of sp³-hybridized carbons (Fsp3) is 0.158. The maximum absolute atomic E-state index is 11.9. The van der Waals surface area contributed by atoms with E-state index in [0.29, 0.717) is 6.54 Å². The third kappa shape index (κ3) is 4.60. The molecule has 0 unspecified atom stereocenters. The van der Waals surface area contributed by atoms with Crippen LogP contribution in [-0.2, 0) is 11.3 Å². The summed E-state index contributed by atoms with van der Waals surface area (Å²) in [7, 11) is 0. The molecule has 0 spiro atoms. The Bertz CT molecular complexity index is 912. The van der Waals surface area contributed by atoms with Gasteiger partial charge < -0.3 is 0 Å². The molecular formula is C19H19N5O. The molecule has 1 N–H and O–H groups in total. The predicted octanol–water partition coefficient (Wildman–Crippen LogP) is 3.03. The van der Waals surface area contributed by atoms with E-state index in [4.69, 9.17) is 0 Å². The second-order valence-corrected chi connectivity index (χ2v) is 5.64. The molecular weight excluding hydrogens is 314 g/mol. The normalized spacial score (nSPS) is 12.0. The number of amides is 1. The van der Waals surface area contributed by atoms with Crippen LogP contribution < -0.4 is 5.43 Å². The first-order valence-corrected chi connectivity index (χ1v) is 8.06. The minimum absolute atomic E-state index is 0.164. The highest BCUT2D eigenvalue weighted by Crippen LogP contribution is 2.09. The van der Waals surface area contributed by atoms with E-state index in [9.17, 15) is 4.79 Å². The van der Waals surface area contributed by atoms with E-state index in [1.165, 1.54) is 0 Å². The average molecular weight is 333 g/mol. The Balaban J connectivity index is 1.50. The van der Waals surface area contributed by atoms with Gasteiger partial charge in [0.15, 0.2) is 0 Å². The van der Waals surface area contributed by atoms with E-state index in [2.05, 4.69) is 20.8 Å². The highest BCUT2D eigenvalue weighted by Gasteiger charge is 2.05. The van der Waals surface area contributed by atoms with Crippen molar-refractivity contribution < 1.29 is 4.79 Å². The number of benzene rings is 2. The van der Waals surface area contributed by atoms with E-state index >= 15 is 0 Å². The number of nitrogens with zero attached hydrogens (tertiary/aromatic N) is 4. The maximum Gasteiger partial charge on any atom is 0.241 e. The predicted molar refractivity (Wildman–Crippen MR) is 98.9 cm³/mol. The number of hydrazone groups is 1. The third-order valence-electron chi connectivity index (χ3n) is 3.62. The van der Waals surface area contributed by atoms with Crippen molar-refractivity contribution in [3.63, 3.8) is 0 Å². The van der Waals surface area contributed by atoms with Gasteiger partial charge in [0.25, 0.3) is 0 Å². The molecule has 126 valence electrons. The van der Waals surface area contributed by atoms with Gasteiger partial charge in [0.1, 0.15) is 5.52 Å². The van der Waals surface area contributed by atoms with Gasteiger partial charge >= 0.3 is 0 Å². The maximum atomic E-state index is 11.9. The zero-order chi connectivity index (χ0) is 17.5. The summed E-state index contributed by atoms with van der Waals surface area (Å²) in [6.45, 7) is 2.39. The Morgan fingerprint density at radius 1 is 1.16 bits per heavy atom. The summed E-state index contributed by atoms with van der Waals surface area (Å²) in [5.41, 5.74) is 6.32. The van der Waals surface area contributed by atoms with Gasteiger partial charge in [-0.05, 0) is 30.2 Å². The number of nitrogens with one attached hydrogen (secondary N) is 1. The van der Waals surface area contributed by atoms with Gasteiger partial charge in [-0.15, -0.1) is 5.10 Å². The van der Waals surface area contributed by atoms with Crippen LogP contribution in [-0.4, -0.2) is 27.1 Å². The molecule has 0 radical (unpaired) electrons. The van der Waals surface area contributed by atoms with Gasteiger partial charge in [0.2, 0.25) is 5.91 Å². The molecule has 3 rings (SSSR count). The van der Waals surface area contributed by atoms with Crippen LogP contribution in [0.15, 0.2) is 65.3 Å². The Labute approximate surface area is 145 Å². The number of carbonyl (C=O) groups excluding carboxylic acids is 1. The van der Waals surface area contributed by atoms with Gasteiger partial charge in [-0.25, -0.2) is 10.1 Å². The molecule has 1 aromatic heterocycles. The number of hydrogen-bond donors (Lipinski definition) is 1. The first-order valence-electron chi connectivity index (χ1n) is 8.06. The summed E-state index contributed by atoms with van der Waals surface area (Å²) < 4.78 is 1.72. The Hall–Kier alpha value is -3.28. The lowest BCUT2D eigenvalue weighted by Crippen LogP contribution is -2.19. The second-order valence-electron chi connectivity index (χ2n) is 5.64. The number of aromatic nitrogens is 3. The van der Waals surface area contributed by atoms with Crippen molar-refractivity contribution >= 4 is 29.2 Å². The fourth-order valence-electron chi connectivity index (χ4n) is 2.40. The van der Waals surface area contributed by atoms with Gasteiger partial charge in [-0.1, -0.05) is 53.8 Å². The minimum Gasteiger partial charge on any atom is -0.273 e. The van der Waals surface area contributed by atoms with Gasteiger partial charge in [0.05, 0.1) is 18.3 Å². The Morgan fingerprint density at radius 3 is 2.76 bits per heavy atom. The number of fused-ring (bicyclic) bond motifs is 1. The van der Waals surface area contributed by atoms with Crippen LogP contribution in [0.25, 0.3) is 17.1 Å². The molecule has 2 aromatic carbocycles. The number of rotatable bonds is 6. The van der Waals surface area contributed by atoms with Crippen molar-refractivity contribution in [3.8, 4) is 0 Å².